The molecule has 0 atom stereocenters. The van der Waals surface area contributed by atoms with Gasteiger partial charge in [0.05, 0.1) is 11.4 Å². The van der Waals surface area contributed by atoms with Crippen LogP contribution in [-0.4, -0.2) is 43.6 Å². The molecule has 1 aliphatic carbocycles. The molecule has 0 aromatic carbocycles. The largest absolute Gasteiger partial charge is 0.388 e. The highest BCUT2D eigenvalue weighted by molar-refractivity contribution is 7.90. The summed E-state index contributed by atoms with van der Waals surface area (Å²) >= 11 is 0. The number of nitrogens with one attached hydrogen (secondary N) is 1. The molecule has 0 heterocycles. The SMILES string of the molecule is CCC1CCC(O)(CNC(=O)CCS(C)(=O)=O)CC1. The van der Waals surface area contributed by atoms with Crippen LogP contribution in [0.2, 0.25) is 0 Å². The highest BCUT2D eigenvalue weighted by atomic mass is 32.2. The molecule has 0 bridgehead atoms. The summed E-state index contributed by atoms with van der Waals surface area (Å²) in [6.45, 7) is 2.38. The Bertz CT molecular complexity index is 397. The minimum Gasteiger partial charge on any atom is -0.388 e. The Labute approximate surface area is 115 Å². The van der Waals surface area contributed by atoms with Crippen LogP contribution in [0.5, 0.6) is 0 Å². The van der Waals surface area contributed by atoms with Crippen molar-refractivity contribution >= 4 is 15.7 Å². The third kappa shape index (κ3) is 6.38. The van der Waals surface area contributed by atoms with Gasteiger partial charge >= 0.3 is 0 Å². The second-order valence-electron chi connectivity index (χ2n) is 5.73. The molecule has 1 rings (SSSR count). The topological polar surface area (TPSA) is 83.5 Å². The van der Waals surface area contributed by atoms with Gasteiger partial charge in [0.25, 0.3) is 0 Å². The van der Waals surface area contributed by atoms with Gasteiger partial charge in [0.15, 0.2) is 0 Å². The van der Waals surface area contributed by atoms with Crippen LogP contribution in [0.1, 0.15) is 45.4 Å². The van der Waals surface area contributed by atoms with Crippen molar-refractivity contribution < 1.29 is 18.3 Å². The first-order valence-electron chi connectivity index (χ1n) is 6.91. The number of sulfone groups is 1. The number of hydrogen-bond acceptors (Lipinski definition) is 4. The van der Waals surface area contributed by atoms with E-state index in [1.807, 2.05) is 0 Å². The normalized spacial score (nSPS) is 28.1. The second kappa shape index (κ2) is 6.70. The number of rotatable bonds is 6. The van der Waals surface area contributed by atoms with Gasteiger partial charge in [-0.15, -0.1) is 0 Å². The third-order valence-electron chi connectivity index (χ3n) is 3.93. The predicted octanol–water partition coefficient (Wildman–Crippen LogP) is 0.869. The summed E-state index contributed by atoms with van der Waals surface area (Å²) in [6, 6.07) is 0. The summed E-state index contributed by atoms with van der Waals surface area (Å²) in [6.07, 6.45) is 5.61. The zero-order valence-electron chi connectivity index (χ0n) is 11.8. The molecule has 1 fully saturated rings. The van der Waals surface area contributed by atoms with Crippen molar-refractivity contribution in [2.45, 2.75) is 51.0 Å². The highest BCUT2D eigenvalue weighted by Gasteiger charge is 2.32. The smallest absolute Gasteiger partial charge is 0.221 e. The summed E-state index contributed by atoms with van der Waals surface area (Å²) in [4.78, 5) is 11.5. The van der Waals surface area contributed by atoms with Crippen molar-refractivity contribution in [1.29, 1.82) is 0 Å². The molecule has 0 unspecified atom stereocenters. The van der Waals surface area contributed by atoms with Gasteiger partial charge in [-0.3, -0.25) is 4.79 Å². The van der Waals surface area contributed by atoms with Crippen LogP contribution in [0.4, 0.5) is 0 Å². The van der Waals surface area contributed by atoms with Gasteiger partial charge in [0, 0.05) is 19.2 Å². The fraction of sp³-hybridized carbons (Fsp3) is 0.923. The second-order valence-corrected chi connectivity index (χ2v) is 7.99. The van der Waals surface area contributed by atoms with Gasteiger partial charge in [-0.1, -0.05) is 13.3 Å². The van der Waals surface area contributed by atoms with Crippen LogP contribution in [0.25, 0.3) is 0 Å². The lowest BCUT2D eigenvalue weighted by Gasteiger charge is -2.35. The fourth-order valence-electron chi connectivity index (χ4n) is 2.43. The molecule has 0 aromatic rings. The predicted molar refractivity (Wildman–Crippen MR) is 74.5 cm³/mol. The average Bonchev–Trinajstić information content (AvgIpc) is 2.34. The zero-order chi connectivity index (χ0) is 14.5. The van der Waals surface area contributed by atoms with E-state index < -0.39 is 15.4 Å². The molecule has 112 valence electrons. The average molecular weight is 291 g/mol. The molecule has 2 N–H and O–H groups in total. The Morgan fingerprint density at radius 3 is 2.42 bits per heavy atom. The van der Waals surface area contributed by atoms with Gasteiger partial charge < -0.3 is 10.4 Å². The molecule has 0 spiro atoms. The quantitative estimate of drug-likeness (QED) is 0.760. The van der Waals surface area contributed by atoms with Crippen molar-refractivity contribution in [3.05, 3.63) is 0 Å². The molecule has 0 radical (unpaired) electrons. The van der Waals surface area contributed by atoms with Gasteiger partial charge in [-0.05, 0) is 31.6 Å². The van der Waals surface area contributed by atoms with Crippen LogP contribution in [0, 0.1) is 5.92 Å². The van der Waals surface area contributed by atoms with Gasteiger partial charge in [-0.25, -0.2) is 8.42 Å². The molecular weight excluding hydrogens is 266 g/mol. The Balaban J connectivity index is 2.30. The summed E-state index contributed by atoms with van der Waals surface area (Å²) in [7, 11) is -3.11. The van der Waals surface area contributed by atoms with E-state index in [2.05, 4.69) is 12.2 Å². The minimum absolute atomic E-state index is 0.0352. The Morgan fingerprint density at radius 2 is 1.95 bits per heavy atom. The van der Waals surface area contributed by atoms with Gasteiger partial charge in [0.1, 0.15) is 9.84 Å². The molecular formula is C13H25NO4S. The summed E-state index contributed by atoms with van der Waals surface area (Å²) in [5.41, 5.74) is -0.813. The molecule has 0 aliphatic heterocycles. The summed E-state index contributed by atoms with van der Waals surface area (Å²) in [5, 5.41) is 13.0. The Morgan fingerprint density at radius 1 is 1.37 bits per heavy atom. The molecule has 1 aliphatic rings. The molecule has 5 nitrogen and oxygen atoms in total. The van der Waals surface area contributed by atoms with E-state index in [0.29, 0.717) is 18.8 Å². The van der Waals surface area contributed by atoms with Crippen molar-refractivity contribution in [2.24, 2.45) is 5.92 Å². The lowest BCUT2D eigenvalue weighted by molar-refractivity contribution is -0.122. The minimum atomic E-state index is -3.11. The monoisotopic (exact) mass is 291 g/mol. The Hall–Kier alpha value is -0.620. The standard InChI is InChI=1S/C13H25NO4S/c1-3-11-4-7-13(16,8-5-11)10-14-12(15)6-9-19(2,17)18/h11,16H,3-10H2,1-2H3,(H,14,15). The van der Waals surface area contributed by atoms with Crippen molar-refractivity contribution in [3.63, 3.8) is 0 Å². The maximum absolute atomic E-state index is 11.5. The molecule has 0 aromatic heterocycles. The van der Waals surface area contributed by atoms with E-state index in [-0.39, 0.29) is 24.6 Å². The molecule has 1 amide bonds. The van der Waals surface area contributed by atoms with E-state index >= 15 is 0 Å². The zero-order valence-corrected chi connectivity index (χ0v) is 12.6. The molecule has 6 heteroatoms. The first-order valence-corrected chi connectivity index (χ1v) is 8.97. The third-order valence-corrected chi connectivity index (χ3v) is 4.87. The van der Waals surface area contributed by atoms with E-state index in [1.54, 1.807) is 0 Å². The van der Waals surface area contributed by atoms with Crippen LogP contribution in [0.15, 0.2) is 0 Å². The number of aliphatic hydroxyl groups is 1. The summed E-state index contributed by atoms with van der Waals surface area (Å²) < 4.78 is 21.9. The molecule has 0 saturated heterocycles. The first-order chi connectivity index (χ1) is 8.74. The fourth-order valence-corrected chi connectivity index (χ4v) is 2.99. The van der Waals surface area contributed by atoms with Crippen molar-refractivity contribution in [2.75, 3.05) is 18.6 Å². The molecule has 1 saturated carbocycles. The van der Waals surface area contributed by atoms with Crippen LogP contribution < -0.4 is 5.32 Å². The maximum atomic E-state index is 11.5. The number of carbonyl (C=O) groups excluding carboxylic acids is 1. The van der Waals surface area contributed by atoms with Crippen molar-refractivity contribution in [3.8, 4) is 0 Å². The van der Waals surface area contributed by atoms with Gasteiger partial charge in [-0.2, -0.15) is 0 Å². The van der Waals surface area contributed by atoms with Gasteiger partial charge in [0.2, 0.25) is 5.91 Å². The van der Waals surface area contributed by atoms with E-state index in [1.165, 1.54) is 0 Å². The Kier molecular flexibility index (Phi) is 5.80. The van der Waals surface area contributed by atoms with Crippen LogP contribution in [-0.2, 0) is 14.6 Å². The number of hydrogen-bond donors (Lipinski definition) is 2. The van der Waals surface area contributed by atoms with E-state index in [9.17, 15) is 18.3 Å². The maximum Gasteiger partial charge on any atom is 0.221 e. The van der Waals surface area contributed by atoms with E-state index in [4.69, 9.17) is 0 Å². The molecule has 19 heavy (non-hydrogen) atoms. The van der Waals surface area contributed by atoms with Crippen LogP contribution >= 0.6 is 0 Å². The lowest BCUT2D eigenvalue weighted by atomic mass is 9.78. The van der Waals surface area contributed by atoms with Crippen molar-refractivity contribution in [1.82, 2.24) is 5.32 Å². The number of amides is 1. The number of carbonyl (C=O) groups is 1. The lowest BCUT2D eigenvalue weighted by Crippen LogP contribution is -2.45. The highest BCUT2D eigenvalue weighted by Crippen LogP contribution is 2.33. The van der Waals surface area contributed by atoms with Crippen LogP contribution in [0.3, 0.4) is 0 Å². The first kappa shape index (κ1) is 16.4. The van der Waals surface area contributed by atoms with E-state index in [0.717, 1.165) is 25.5 Å². The summed E-state index contributed by atoms with van der Waals surface area (Å²) in [5.74, 6) is 0.229.